The van der Waals surface area contributed by atoms with Crippen molar-refractivity contribution in [2.75, 3.05) is 11.4 Å². The van der Waals surface area contributed by atoms with Gasteiger partial charge in [-0.1, -0.05) is 6.92 Å². The van der Waals surface area contributed by atoms with Gasteiger partial charge in [-0.3, -0.25) is 0 Å². The van der Waals surface area contributed by atoms with Gasteiger partial charge in [-0.25, -0.2) is 4.98 Å². The van der Waals surface area contributed by atoms with Crippen molar-refractivity contribution in [3.05, 3.63) is 23.9 Å². The highest BCUT2D eigenvalue weighted by Gasteiger charge is 2.22. The number of nitrogens with zero attached hydrogens (tertiary/aromatic N) is 2. The summed E-state index contributed by atoms with van der Waals surface area (Å²) in [5, 5.41) is 3.55. The van der Waals surface area contributed by atoms with Crippen molar-refractivity contribution < 1.29 is 0 Å². The first-order valence-electron chi connectivity index (χ1n) is 7.96. The fraction of sp³-hybridized carbons (Fsp3) is 0.706. The Morgan fingerprint density at radius 2 is 2.15 bits per heavy atom. The van der Waals surface area contributed by atoms with Gasteiger partial charge in [-0.05, 0) is 64.2 Å². The summed E-state index contributed by atoms with van der Waals surface area (Å²) in [6.45, 7) is 11.0. The van der Waals surface area contributed by atoms with E-state index in [9.17, 15) is 0 Å². The number of rotatable bonds is 4. The molecule has 0 aromatic carbocycles. The first-order chi connectivity index (χ1) is 9.49. The van der Waals surface area contributed by atoms with Crippen LogP contribution in [0.5, 0.6) is 0 Å². The predicted octanol–water partition coefficient (Wildman–Crippen LogP) is 3.74. The summed E-state index contributed by atoms with van der Waals surface area (Å²) in [4.78, 5) is 7.11. The number of hydrogen-bond donors (Lipinski definition) is 1. The minimum Gasteiger partial charge on any atom is -0.354 e. The van der Waals surface area contributed by atoms with Crippen LogP contribution < -0.4 is 10.2 Å². The number of pyridine rings is 1. The van der Waals surface area contributed by atoms with Crippen molar-refractivity contribution in [3.63, 3.8) is 0 Å². The molecule has 3 heteroatoms. The molecule has 0 radical (unpaired) electrons. The van der Waals surface area contributed by atoms with Gasteiger partial charge in [0, 0.05) is 30.9 Å². The Morgan fingerprint density at radius 3 is 2.85 bits per heavy atom. The monoisotopic (exact) mass is 275 g/mol. The molecule has 2 rings (SSSR count). The van der Waals surface area contributed by atoms with Gasteiger partial charge >= 0.3 is 0 Å². The van der Waals surface area contributed by atoms with E-state index in [4.69, 9.17) is 0 Å². The molecule has 20 heavy (non-hydrogen) atoms. The van der Waals surface area contributed by atoms with E-state index in [-0.39, 0.29) is 5.54 Å². The summed E-state index contributed by atoms with van der Waals surface area (Å²) in [7, 11) is 0. The van der Waals surface area contributed by atoms with E-state index in [1.54, 1.807) is 0 Å². The topological polar surface area (TPSA) is 28.2 Å². The van der Waals surface area contributed by atoms with Crippen LogP contribution in [0.15, 0.2) is 18.3 Å². The van der Waals surface area contributed by atoms with Gasteiger partial charge in [0.15, 0.2) is 0 Å². The van der Waals surface area contributed by atoms with E-state index < -0.39 is 0 Å². The molecule has 1 N–H and O–H groups in total. The summed E-state index contributed by atoms with van der Waals surface area (Å²) in [6.07, 6.45) is 7.13. The average molecular weight is 275 g/mol. The standard InChI is InChI=1S/C17H29N3/c1-5-15-8-6-7-11-20(15)16-12-14(9-10-18-16)13-19-17(2,3)4/h9-10,12,15,19H,5-8,11,13H2,1-4H3. The lowest BCUT2D eigenvalue weighted by Gasteiger charge is -2.36. The molecule has 1 aliphatic rings. The maximum absolute atomic E-state index is 4.60. The van der Waals surface area contributed by atoms with Crippen LogP contribution in [0.25, 0.3) is 0 Å². The summed E-state index contributed by atoms with van der Waals surface area (Å²) in [5.41, 5.74) is 1.48. The molecule has 1 atom stereocenters. The van der Waals surface area contributed by atoms with Gasteiger partial charge in [0.25, 0.3) is 0 Å². The van der Waals surface area contributed by atoms with Crippen molar-refractivity contribution >= 4 is 5.82 Å². The van der Waals surface area contributed by atoms with Crippen LogP contribution in [0.3, 0.4) is 0 Å². The van der Waals surface area contributed by atoms with Crippen molar-refractivity contribution in [1.29, 1.82) is 0 Å². The maximum atomic E-state index is 4.60. The molecule has 0 amide bonds. The Labute approximate surface area is 123 Å². The third-order valence-electron chi connectivity index (χ3n) is 4.03. The van der Waals surface area contributed by atoms with E-state index in [0.717, 1.165) is 18.9 Å². The second-order valence-corrected chi connectivity index (χ2v) is 6.88. The van der Waals surface area contributed by atoms with Crippen molar-refractivity contribution in [3.8, 4) is 0 Å². The first-order valence-corrected chi connectivity index (χ1v) is 7.96. The molecule has 1 fully saturated rings. The highest BCUT2D eigenvalue weighted by molar-refractivity contribution is 5.42. The fourth-order valence-electron chi connectivity index (χ4n) is 2.82. The Hall–Kier alpha value is -1.09. The Kier molecular flexibility index (Phi) is 5.03. The van der Waals surface area contributed by atoms with Crippen molar-refractivity contribution in [2.24, 2.45) is 0 Å². The average Bonchev–Trinajstić information content (AvgIpc) is 2.45. The third-order valence-corrected chi connectivity index (χ3v) is 4.03. The smallest absolute Gasteiger partial charge is 0.129 e. The molecule has 1 saturated heterocycles. The lowest BCUT2D eigenvalue weighted by Crippen LogP contribution is -2.39. The van der Waals surface area contributed by atoms with Crippen molar-refractivity contribution in [2.45, 2.75) is 71.5 Å². The quantitative estimate of drug-likeness (QED) is 0.907. The number of nitrogens with one attached hydrogen (secondary N) is 1. The summed E-state index contributed by atoms with van der Waals surface area (Å²) in [5.74, 6) is 1.16. The lowest BCUT2D eigenvalue weighted by molar-refractivity contribution is 0.423. The predicted molar refractivity (Wildman–Crippen MR) is 86.1 cm³/mol. The Bertz CT molecular complexity index is 422. The summed E-state index contributed by atoms with van der Waals surface area (Å²) in [6, 6.07) is 5.04. The second-order valence-electron chi connectivity index (χ2n) is 6.88. The van der Waals surface area contributed by atoms with E-state index in [2.05, 4.69) is 55.0 Å². The normalized spacial score (nSPS) is 20.2. The van der Waals surface area contributed by atoms with Crippen LogP contribution in [0, 0.1) is 0 Å². The van der Waals surface area contributed by atoms with E-state index in [0.29, 0.717) is 6.04 Å². The first kappa shape index (κ1) is 15.3. The highest BCUT2D eigenvalue weighted by Crippen LogP contribution is 2.25. The van der Waals surface area contributed by atoms with Crippen LogP contribution in [0.1, 0.15) is 58.9 Å². The van der Waals surface area contributed by atoms with Gasteiger partial charge in [0.1, 0.15) is 5.82 Å². The van der Waals surface area contributed by atoms with Crippen LogP contribution in [-0.2, 0) is 6.54 Å². The van der Waals surface area contributed by atoms with Crippen LogP contribution in [-0.4, -0.2) is 23.1 Å². The lowest BCUT2D eigenvalue weighted by atomic mass is 10.00. The van der Waals surface area contributed by atoms with Crippen LogP contribution >= 0.6 is 0 Å². The fourth-order valence-corrected chi connectivity index (χ4v) is 2.82. The van der Waals surface area contributed by atoms with Gasteiger partial charge in [0.05, 0.1) is 0 Å². The zero-order chi connectivity index (χ0) is 14.6. The molecule has 1 aromatic heterocycles. The Morgan fingerprint density at radius 1 is 1.35 bits per heavy atom. The highest BCUT2D eigenvalue weighted by atomic mass is 15.2. The SMILES string of the molecule is CCC1CCCCN1c1cc(CNC(C)(C)C)ccn1. The van der Waals surface area contributed by atoms with E-state index in [1.807, 2.05) is 6.20 Å². The largest absolute Gasteiger partial charge is 0.354 e. The van der Waals surface area contributed by atoms with Crippen LogP contribution in [0.4, 0.5) is 5.82 Å². The Balaban J connectivity index is 2.08. The zero-order valence-corrected chi connectivity index (χ0v) is 13.4. The minimum absolute atomic E-state index is 0.153. The molecule has 0 saturated carbocycles. The third kappa shape index (κ3) is 4.20. The molecule has 1 aromatic rings. The molecule has 2 heterocycles. The zero-order valence-electron chi connectivity index (χ0n) is 13.4. The van der Waals surface area contributed by atoms with Gasteiger partial charge in [-0.15, -0.1) is 0 Å². The molecule has 3 nitrogen and oxygen atoms in total. The molecular formula is C17H29N3. The number of aromatic nitrogens is 1. The van der Waals surface area contributed by atoms with Gasteiger partial charge in [0.2, 0.25) is 0 Å². The molecule has 0 spiro atoms. The van der Waals surface area contributed by atoms with E-state index in [1.165, 1.54) is 31.2 Å². The van der Waals surface area contributed by atoms with Gasteiger partial charge < -0.3 is 10.2 Å². The minimum atomic E-state index is 0.153. The maximum Gasteiger partial charge on any atom is 0.129 e. The van der Waals surface area contributed by atoms with Crippen LogP contribution in [0.2, 0.25) is 0 Å². The molecular weight excluding hydrogens is 246 g/mol. The number of piperidine rings is 1. The molecule has 0 bridgehead atoms. The van der Waals surface area contributed by atoms with Gasteiger partial charge in [-0.2, -0.15) is 0 Å². The number of hydrogen-bond acceptors (Lipinski definition) is 3. The molecule has 112 valence electrons. The molecule has 1 aliphatic heterocycles. The van der Waals surface area contributed by atoms with E-state index >= 15 is 0 Å². The molecule has 1 unspecified atom stereocenters. The second kappa shape index (κ2) is 6.57. The molecule has 0 aliphatic carbocycles. The summed E-state index contributed by atoms with van der Waals surface area (Å²) < 4.78 is 0. The van der Waals surface area contributed by atoms with Crippen molar-refractivity contribution in [1.82, 2.24) is 10.3 Å². The number of anilines is 1. The summed E-state index contributed by atoms with van der Waals surface area (Å²) >= 11 is 0.